The van der Waals surface area contributed by atoms with Gasteiger partial charge < -0.3 is 0 Å². The fourth-order valence-electron chi connectivity index (χ4n) is 2.70. The van der Waals surface area contributed by atoms with Crippen LogP contribution in [0.4, 0.5) is 0 Å². The lowest BCUT2D eigenvalue weighted by Gasteiger charge is -2.15. The highest BCUT2D eigenvalue weighted by molar-refractivity contribution is 8.00. The molecule has 0 spiro atoms. The third-order valence-corrected chi connectivity index (χ3v) is 9.26. The molecule has 1 aliphatic heterocycles. The zero-order valence-corrected chi connectivity index (χ0v) is 17.6. The molecule has 6 nitrogen and oxygen atoms in total. The Labute approximate surface area is 168 Å². The van der Waals surface area contributed by atoms with Crippen molar-refractivity contribution in [3.8, 4) is 0 Å². The summed E-state index contributed by atoms with van der Waals surface area (Å²) in [5.74, 6) is 0.269. The summed E-state index contributed by atoms with van der Waals surface area (Å²) in [6.07, 6.45) is 3.09. The Bertz CT molecular complexity index is 985. The number of sulfone groups is 1. The number of hydrogen-bond donors (Lipinski definition) is 0. The van der Waals surface area contributed by atoms with Gasteiger partial charge in [-0.3, -0.25) is 0 Å². The number of halogens is 1. The molecule has 10 heteroatoms. The van der Waals surface area contributed by atoms with Gasteiger partial charge in [-0.05, 0) is 49.2 Å². The van der Waals surface area contributed by atoms with Crippen molar-refractivity contribution in [2.45, 2.75) is 27.7 Å². The number of nitrogens with zero attached hydrogens (tertiary/aromatic N) is 2. The van der Waals surface area contributed by atoms with Crippen LogP contribution in [0.25, 0.3) is 0 Å². The molecule has 2 heterocycles. The quantitative estimate of drug-likeness (QED) is 0.607. The molecule has 1 aromatic heterocycles. The van der Waals surface area contributed by atoms with Gasteiger partial charge >= 0.3 is 0 Å². The van der Waals surface area contributed by atoms with Crippen molar-refractivity contribution in [2.24, 2.45) is 0 Å². The largest absolute Gasteiger partial charge is 0.249 e. The lowest BCUT2D eigenvalue weighted by Crippen LogP contribution is -2.27. The molecule has 146 valence electrons. The molecule has 0 unspecified atom stereocenters. The molecule has 0 radical (unpaired) electrons. The van der Waals surface area contributed by atoms with Gasteiger partial charge in [-0.15, -0.1) is 11.8 Å². The second kappa shape index (κ2) is 8.48. The lowest BCUT2D eigenvalue weighted by atomic mass is 10.4. The van der Waals surface area contributed by atoms with Crippen molar-refractivity contribution in [2.75, 3.05) is 24.6 Å². The average molecular weight is 447 g/mol. The van der Waals surface area contributed by atoms with Gasteiger partial charge in [-0.25, -0.2) is 21.8 Å². The minimum atomic E-state index is -3.48. The van der Waals surface area contributed by atoms with E-state index in [9.17, 15) is 16.8 Å². The Balaban J connectivity index is 1.59. The summed E-state index contributed by atoms with van der Waals surface area (Å²) in [7, 11) is -6.88. The van der Waals surface area contributed by atoms with Gasteiger partial charge in [0.25, 0.3) is 0 Å². The first-order valence-electron chi connectivity index (χ1n) is 8.36. The van der Waals surface area contributed by atoms with Crippen LogP contribution in [-0.2, 0) is 19.9 Å². The molecule has 0 atom stereocenters. The van der Waals surface area contributed by atoms with E-state index in [0.717, 1.165) is 12.8 Å². The predicted octanol–water partition coefficient (Wildman–Crippen LogP) is 3.09. The number of thioether (sulfide) groups is 1. The van der Waals surface area contributed by atoms with E-state index in [1.807, 2.05) is 0 Å². The number of benzene rings is 1. The Kier molecular flexibility index (Phi) is 6.47. The molecular weight excluding hydrogens is 428 g/mol. The molecule has 2 aromatic rings. The molecule has 1 fully saturated rings. The summed E-state index contributed by atoms with van der Waals surface area (Å²) in [4.78, 5) is 4.56. The predicted molar refractivity (Wildman–Crippen MR) is 106 cm³/mol. The van der Waals surface area contributed by atoms with Crippen LogP contribution in [0.3, 0.4) is 0 Å². The highest BCUT2D eigenvalue weighted by Crippen LogP contribution is 2.23. The first-order valence-corrected chi connectivity index (χ1v) is 12.8. The average Bonchev–Trinajstić information content (AvgIpc) is 3.18. The van der Waals surface area contributed by atoms with Crippen LogP contribution in [0.5, 0.6) is 0 Å². The maximum absolute atomic E-state index is 12.5. The molecule has 0 aliphatic carbocycles. The molecule has 1 aromatic carbocycles. The standard InChI is InChI=1S/C17H19ClN2O4S3/c18-14-3-5-15(6-4-14)26(21,22)12-11-25-17-8-7-16(13-19-17)27(23,24)20-9-1-2-10-20/h3-8,13H,1-2,9-12H2. The number of pyridine rings is 1. The Hall–Kier alpha value is -1.13. The van der Waals surface area contributed by atoms with Crippen LogP contribution in [-0.4, -0.2) is 50.7 Å². The summed E-state index contributed by atoms with van der Waals surface area (Å²) in [6, 6.07) is 9.20. The van der Waals surface area contributed by atoms with E-state index >= 15 is 0 Å². The Morgan fingerprint density at radius 2 is 1.59 bits per heavy atom. The maximum Gasteiger partial charge on any atom is 0.244 e. The highest BCUT2D eigenvalue weighted by Gasteiger charge is 2.27. The molecule has 0 amide bonds. The van der Waals surface area contributed by atoms with Crippen molar-refractivity contribution in [1.82, 2.24) is 9.29 Å². The maximum atomic E-state index is 12.5. The summed E-state index contributed by atoms with van der Waals surface area (Å²) < 4.78 is 51.0. The van der Waals surface area contributed by atoms with E-state index in [-0.39, 0.29) is 15.5 Å². The minimum absolute atomic E-state index is 0.0468. The number of hydrogen-bond acceptors (Lipinski definition) is 6. The molecular formula is C17H19ClN2O4S3. The van der Waals surface area contributed by atoms with E-state index in [0.29, 0.717) is 28.9 Å². The van der Waals surface area contributed by atoms with Crippen LogP contribution in [0, 0.1) is 0 Å². The normalized spacial score (nSPS) is 15.9. The van der Waals surface area contributed by atoms with E-state index in [1.54, 1.807) is 18.2 Å². The van der Waals surface area contributed by atoms with Gasteiger partial charge in [0, 0.05) is 30.1 Å². The SMILES string of the molecule is O=S(=O)(CCSc1ccc(S(=O)(=O)N2CCCC2)cn1)c1ccc(Cl)cc1. The van der Waals surface area contributed by atoms with Gasteiger partial charge in [-0.1, -0.05) is 11.6 Å². The fraction of sp³-hybridized carbons (Fsp3) is 0.353. The third-order valence-electron chi connectivity index (χ3n) is 4.19. The molecule has 0 bridgehead atoms. The van der Waals surface area contributed by atoms with Crippen LogP contribution in [0.1, 0.15) is 12.8 Å². The number of rotatable bonds is 7. The van der Waals surface area contributed by atoms with E-state index in [1.165, 1.54) is 40.5 Å². The molecule has 0 saturated carbocycles. The van der Waals surface area contributed by atoms with Crippen molar-refractivity contribution in [1.29, 1.82) is 0 Å². The number of aromatic nitrogens is 1. The van der Waals surface area contributed by atoms with Gasteiger partial charge in [0.15, 0.2) is 9.84 Å². The van der Waals surface area contributed by atoms with Gasteiger partial charge in [0.1, 0.15) is 4.90 Å². The van der Waals surface area contributed by atoms with E-state index in [4.69, 9.17) is 11.6 Å². The summed E-state index contributed by atoms with van der Waals surface area (Å²) in [6.45, 7) is 1.09. The smallest absolute Gasteiger partial charge is 0.244 e. The van der Waals surface area contributed by atoms with Crippen LogP contribution >= 0.6 is 23.4 Å². The zero-order valence-electron chi connectivity index (χ0n) is 14.4. The van der Waals surface area contributed by atoms with Crippen LogP contribution in [0.15, 0.2) is 57.4 Å². The van der Waals surface area contributed by atoms with Gasteiger partial charge in [-0.2, -0.15) is 4.31 Å². The molecule has 0 N–H and O–H groups in total. The zero-order chi connectivity index (χ0) is 19.5. The first kappa shape index (κ1) is 20.6. The van der Waals surface area contributed by atoms with Crippen molar-refractivity contribution >= 4 is 43.2 Å². The first-order chi connectivity index (χ1) is 12.8. The topological polar surface area (TPSA) is 84.4 Å². The van der Waals surface area contributed by atoms with Gasteiger partial charge in [0.2, 0.25) is 10.0 Å². The van der Waals surface area contributed by atoms with Gasteiger partial charge in [0.05, 0.1) is 15.7 Å². The fourth-order valence-corrected chi connectivity index (χ4v) is 6.79. The van der Waals surface area contributed by atoms with E-state index < -0.39 is 19.9 Å². The Morgan fingerprint density at radius 1 is 0.963 bits per heavy atom. The van der Waals surface area contributed by atoms with Crippen LogP contribution in [0.2, 0.25) is 5.02 Å². The third kappa shape index (κ3) is 5.03. The molecule has 27 heavy (non-hydrogen) atoms. The minimum Gasteiger partial charge on any atom is -0.249 e. The molecule has 1 saturated heterocycles. The summed E-state index contributed by atoms with van der Waals surface area (Å²) >= 11 is 7.05. The van der Waals surface area contributed by atoms with Crippen molar-refractivity contribution in [3.63, 3.8) is 0 Å². The monoisotopic (exact) mass is 446 g/mol. The van der Waals surface area contributed by atoms with E-state index in [2.05, 4.69) is 4.98 Å². The molecule has 1 aliphatic rings. The van der Waals surface area contributed by atoms with Crippen molar-refractivity contribution in [3.05, 3.63) is 47.6 Å². The highest BCUT2D eigenvalue weighted by atomic mass is 35.5. The second-order valence-electron chi connectivity index (χ2n) is 6.06. The molecule has 3 rings (SSSR count). The second-order valence-corrected chi connectivity index (χ2v) is 11.7. The Morgan fingerprint density at radius 3 is 2.19 bits per heavy atom. The summed E-state index contributed by atoms with van der Waals surface area (Å²) in [5.41, 5.74) is 0. The van der Waals surface area contributed by atoms with Crippen LogP contribution < -0.4 is 0 Å². The van der Waals surface area contributed by atoms with Crippen molar-refractivity contribution < 1.29 is 16.8 Å². The number of sulfonamides is 1. The lowest BCUT2D eigenvalue weighted by molar-refractivity contribution is 0.477. The summed E-state index contributed by atoms with van der Waals surface area (Å²) in [5, 5.41) is 1.07.